The number of rotatable bonds is 7. The van der Waals surface area contributed by atoms with Crippen LogP contribution in [0.5, 0.6) is 0 Å². The van der Waals surface area contributed by atoms with Crippen molar-refractivity contribution in [2.45, 2.75) is 12.1 Å². The molecule has 8 nitrogen and oxygen atoms in total. The summed E-state index contributed by atoms with van der Waals surface area (Å²) in [6.45, 7) is 0.220. The van der Waals surface area contributed by atoms with Crippen LogP contribution in [-0.4, -0.2) is 66.7 Å². The second kappa shape index (κ2) is 9.69. The standard InChI is InChI=1S/C20H22N4O4S/c1-27-10-18(28-2)13-3-4-17-16(7-13)15(5-6-22-17)20(26)23-9-19(25)24-12-29-11-14(24)8-21/h3-7,14,18H,9-12H2,1-2H3,(H,23,26)/t14-,18+/m1/s1. The predicted octanol–water partition coefficient (Wildman–Crippen LogP) is 1.72. The highest BCUT2D eigenvalue weighted by Gasteiger charge is 2.29. The van der Waals surface area contributed by atoms with Crippen LogP contribution in [0.3, 0.4) is 0 Å². The van der Waals surface area contributed by atoms with E-state index in [1.807, 2.05) is 18.2 Å². The Kier molecular flexibility index (Phi) is 7.04. The van der Waals surface area contributed by atoms with Crippen LogP contribution in [0, 0.1) is 11.3 Å². The van der Waals surface area contributed by atoms with E-state index < -0.39 is 6.04 Å². The van der Waals surface area contributed by atoms with Gasteiger partial charge in [0.25, 0.3) is 5.91 Å². The Hall–Kier alpha value is -2.67. The molecule has 0 spiro atoms. The third kappa shape index (κ3) is 4.67. The van der Waals surface area contributed by atoms with Gasteiger partial charge in [0.1, 0.15) is 12.1 Å². The number of benzene rings is 1. The van der Waals surface area contributed by atoms with E-state index in [-0.39, 0.29) is 24.5 Å². The molecule has 0 bridgehead atoms. The van der Waals surface area contributed by atoms with Crippen LogP contribution < -0.4 is 5.32 Å². The van der Waals surface area contributed by atoms with E-state index in [9.17, 15) is 9.59 Å². The molecular formula is C20H22N4O4S. The van der Waals surface area contributed by atoms with E-state index in [1.165, 1.54) is 16.7 Å². The van der Waals surface area contributed by atoms with Crippen molar-refractivity contribution < 1.29 is 19.1 Å². The van der Waals surface area contributed by atoms with Crippen LogP contribution in [0.1, 0.15) is 22.0 Å². The minimum atomic E-state index is -0.444. The highest BCUT2D eigenvalue weighted by molar-refractivity contribution is 7.99. The van der Waals surface area contributed by atoms with E-state index in [1.54, 1.807) is 26.5 Å². The first-order chi connectivity index (χ1) is 14.1. The summed E-state index contributed by atoms with van der Waals surface area (Å²) in [6, 6.07) is 8.86. The lowest BCUT2D eigenvalue weighted by molar-refractivity contribution is -0.129. The molecule has 1 aromatic carbocycles. The molecule has 1 aliphatic rings. The molecule has 2 aromatic rings. The van der Waals surface area contributed by atoms with Gasteiger partial charge in [0.2, 0.25) is 5.91 Å². The van der Waals surface area contributed by atoms with Gasteiger partial charge in [0.15, 0.2) is 0 Å². The van der Waals surface area contributed by atoms with Crippen LogP contribution in [0.4, 0.5) is 0 Å². The Morgan fingerprint density at radius 3 is 2.97 bits per heavy atom. The fourth-order valence-corrected chi connectivity index (χ4v) is 4.27. The Morgan fingerprint density at radius 1 is 1.41 bits per heavy atom. The molecule has 0 unspecified atom stereocenters. The third-order valence-corrected chi connectivity index (χ3v) is 5.75. The van der Waals surface area contributed by atoms with Crippen molar-refractivity contribution in [1.82, 2.24) is 15.2 Å². The van der Waals surface area contributed by atoms with Crippen molar-refractivity contribution >= 4 is 34.5 Å². The molecular weight excluding hydrogens is 392 g/mol. The molecule has 2 amide bonds. The van der Waals surface area contributed by atoms with Gasteiger partial charge < -0.3 is 19.7 Å². The van der Waals surface area contributed by atoms with Gasteiger partial charge in [-0.25, -0.2) is 0 Å². The summed E-state index contributed by atoms with van der Waals surface area (Å²) in [5, 5.41) is 12.5. The summed E-state index contributed by atoms with van der Waals surface area (Å²) in [5.74, 6) is 0.417. The highest BCUT2D eigenvalue weighted by atomic mass is 32.2. The molecule has 9 heteroatoms. The molecule has 29 heavy (non-hydrogen) atoms. The van der Waals surface area contributed by atoms with Crippen LogP contribution in [-0.2, 0) is 14.3 Å². The topological polar surface area (TPSA) is 105 Å². The quantitative estimate of drug-likeness (QED) is 0.735. The van der Waals surface area contributed by atoms with Gasteiger partial charge in [-0.2, -0.15) is 5.26 Å². The average molecular weight is 414 g/mol. The normalized spacial score (nSPS) is 17.1. The first-order valence-corrected chi connectivity index (χ1v) is 10.2. The number of nitrogens with one attached hydrogen (secondary N) is 1. The van der Waals surface area contributed by atoms with Crippen molar-refractivity contribution in [2.75, 3.05) is 39.0 Å². The van der Waals surface area contributed by atoms with Crippen LogP contribution >= 0.6 is 11.8 Å². The van der Waals surface area contributed by atoms with E-state index in [4.69, 9.17) is 14.7 Å². The maximum absolute atomic E-state index is 12.8. The van der Waals surface area contributed by atoms with Gasteiger partial charge in [0.05, 0.1) is 36.2 Å². The van der Waals surface area contributed by atoms with Gasteiger partial charge >= 0.3 is 0 Å². The maximum atomic E-state index is 12.8. The number of nitriles is 1. The number of ether oxygens (including phenoxy) is 2. The molecule has 1 saturated heterocycles. The summed E-state index contributed by atoms with van der Waals surface area (Å²) in [4.78, 5) is 30.9. The maximum Gasteiger partial charge on any atom is 0.252 e. The van der Waals surface area contributed by atoms with Crippen molar-refractivity contribution in [3.8, 4) is 6.07 Å². The SMILES string of the molecule is COC[C@H](OC)c1ccc2nccc(C(=O)NCC(=O)N3CSC[C@H]3C#N)c2c1. The van der Waals surface area contributed by atoms with Gasteiger partial charge in [-0.05, 0) is 23.8 Å². The number of pyridine rings is 1. The van der Waals surface area contributed by atoms with E-state index in [2.05, 4.69) is 16.4 Å². The zero-order valence-corrected chi connectivity index (χ0v) is 17.1. The summed E-state index contributed by atoms with van der Waals surface area (Å²) < 4.78 is 10.6. The number of carbonyl (C=O) groups is 2. The Labute approximate surface area is 173 Å². The summed E-state index contributed by atoms with van der Waals surface area (Å²) in [5.41, 5.74) is 1.95. The number of amides is 2. The van der Waals surface area contributed by atoms with Crippen molar-refractivity contribution in [1.29, 1.82) is 5.26 Å². The van der Waals surface area contributed by atoms with Crippen molar-refractivity contribution in [3.05, 3.63) is 41.6 Å². The van der Waals surface area contributed by atoms with Crippen molar-refractivity contribution in [2.24, 2.45) is 0 Å². The average Bonchev–Trinajstić information content (AvgIpc) is 3.23. The lowest BCUT2D eigenvalue weighted by atomic mass is 10.0. The molecule has 1 aliphatic heterocycles. The monoisotopic (exact) mass is 414 g/mol. The minimum Gasteiger partial charge on any atom is -0.382 e. The lowest BCUT2D eigenvalue weighted by Gasteiger charge is -2.19. The van der Waals surface area contributed by atoms with E-state index >= 15 is 0 Å². The molecule has 1 N–H and O–H groups in total. The third-order valence-electron chi connectivity index (χ3n) is 4.74. The molecule has 1 fully saturated rings. The molecule has 3 rings (SSSR count). The van der Waals surface area contributed by atoms with E-state index in [0.29, 0.717) is 34.7 Å². The first kappa shape index (κ1) is 21.0. The summed E-state index contributed by atoms with van der Waals surface area (Å²) >= 11 is 1.53. The molecule has 0 aliphatic carbocycles. The number of aromatic nitrogens is 1. The molecule has 152 valence electrons. The molecule has 0 radical (unpaired) electrons. The van der Waals surface area contributed by atoms with Gasteiger partial charge in [-0.15, -0.1) is 11.8 Å². The zero-order chi connectivity index (χ0) is 20.8. The minimum absolute atomic E-state index is 0.161. The second-order valence-corrected chi connectivity index (χ2v) is 7.51. The lowest BCUT2D eigenvalue weighted by Crippen LogP contribution is -2.42. The Balaban J connectivity index is 1.78. The number of thioether (sulfide) groups is 1. The largest absolute Gasteiger partial charge is 0.382 e. The van der Waals surface area contributed by atoms with Crippen molar-refractivity contribution in [3.63, 3.8) is 0 Å². The molecule has 0 saturated carbocycles. The Bertz CT molecular complexity index is 946. The van der Waals surface area contributed by atoms with Gasteiger partial charge in [-0.1, -0.05) is 6.07 Å². The summed E-state index contributed by atoms with van der Waals surface area (Å²) in [6.07, 6.45) is 1.29. The number of carbonyl (C=O) groups excluding carboxylic acids is 2. The van der Waals surface area contributed by atoms with Crippen LogP contribution in [0.2, 0.25) is 0 Å². The fraction of sp³-hybridized carbons (Fsp3) is 0.400. The molecule has 2 heterocycles. The number of methoxy groups -OCH3 is 2. The number of hydrogen-bond acceptors (Lipinski definition) is 7. The molecule has 2 atom stereocenters. The van der Waals surface area contributed by atoms with Gasteiger partial charge in [0, 0.05) is 31.6 Å². The Morgan fingerprint density at radius 2 is 2.24 bits per heavy atom. The first-order valence-electron chi connectivity index (χ1n) is 9.04. The zero-order valence-electron chi connectivity index (χ0n) is 16.3. The smallest absolute Gasteiger partial charge is 0.252 e. The number of nitrogens with zero attached hydrogens (tertiary/aromatic N) is 3. The number of hydrogen-bond donors (Lipinski definition) is 1. The number of fused-ring (bicyclic) bond motifs is 1. The van der Waals surface area contributed by atoms with Gasteiger partial charge in [-0.3, -0.25) is 14.6 Å². The summed E-state index contributed by atoms with van der Waals surface area (Å²) in [7, 11) is 3.20. The fourth-order valence-electron chi connectivity index (χ4n) is 3.16. The van der Waals surface area contributed by atoms with Crippen LogP contribution in [0.15, 0.2) is 30.5 Å². The predicted molar refractivity (Wildman–Crippen MR) is 109 cm³/mol. The molecule has 1 aromatic heterocycles. The highest BCUT2D eigenvalue weighted by Crippen LogP contribution is 2.24. The van der Waals surface area contributed by atoms with E-state index in [0.717, 1.165) is 5.56 Å². The van der Waals surface area contributed by atoms with Crippen LogP contribution in [0.25, 0.3) is 10.9 Å². The second-order valence-electron chi connectivity index (χ2n) is 6.51.